The van der Waals surface area contributed by atoms with Crippen molar-refractivity contribution in [3.05, 3.63) is 18.5 Å². The first-order chi connectivity index (χ1) is 11.6. The van der Waals surface area contributed by atoms with Crippen molar-refractivity contribution in [3.8, 4) is 0 Å². The summed E-state index contributed by atoms with van der Waals surface area (Å²) in [4.78, 5) is 37.4. The molecule has 1 aliphatic rings. The van der Waals surface area contributed by atoms with E-state index in [1.807, 2.05) is 16.7 Å². The molecule has 8 nitrogen and oxygen atoms in total. The Labute approximate surface area is 142 Å². The highest BCUT2D eigenvalue weighted by Gasteiger charge is 2.22. The van der Waals surface area contributed by atoms with Gasteiger partial charge in [0.05, 0.1) is 6.54 Å². The molecule has 2 rings (SSSR count). The number of rotatable bonds is 8. The number of carbonyl (C=O) groups excluding carboxylic acids is 1. The third-order valence-electron chi connectivity index (χ3n) is 4.01. The zero-order valence-corrected chi connectivity index (χ0v) is 14.1. The van der Waals surface area contributed by atoms with Crippen molar-refractivity contribution in [1.29, 1.82) is 0 Å². The molecular weight excluding hydrogens is 310 g/mol. The Morgan fingerprint density at radius 1 is 1.17 bits per heavy atom. The Morgan fingerprint density at radius 2 is 1.83 bits per heavy atom. The van der Waals surface area contributed by atoms with Gasteiger partial charge in [0.1, 0.15) is 0 Å². The van der Waals surface area contributed by atoms with Crippen LogP contribution in [0.2, 0.25) is 0 Å². The summed E-state index contributed by atoms with van der Waals surface area (Å²) in [6.45, 7) is 5.88. The molecule has 0 radical (unpaired) electrons. The first kappa shape index (κ1) is 18.1. The third kappa shape index (κ3) is 5.45. The maximum Gasteiger partial charge on any atom is 0.317 e. The molecule has 0 aliphatic carbocycles. The molecule has 1 amide bonds. The van der Waals surface area contributed by atoms with E-state index in [-0.39, 0.29) is 12.5 Å². The number of anilines is 1. The predicted molar refractivity (Wildman–Crippen MR) is 89.8 cm³/mol. The summed E-state index contributed by atoms with van der Waals surface area (Å²) in [6, 6.07) is 1.78. The van der Waals surface area contributed by atoms with Crippen molar-refractivity contribution in [2.24, 2.45) is 0 Å². The van der Waals surface area contributed by atoms with E-state index in [0.717, 1.165) is 6.42 Å². The monoisotopic (exact) mass is 335 g/mol. The van der Waals surface area contributed by atoms with Gasteiger partial charge in [0, 0.05) is 51.5 Å². The fourth-order valence-electron chi connectivity index (χ4n) is 2.80. The zero-order valence-electron chi connectivity index (χ0n) is 14.1. The number of amides is 1. The van der Waals surface area contributed by atoms with Crippen molar-refractivity contribution in [2.75, 3.05) is 50.7 Å². The van der Waals surface area contributed by atoms with Crippen molar-refractivity contribution < 1.29 is 14.7 Å². The van der Waals surface area contributed by atoms with E-state index in [1.165, 1.54) is 0 Å². The molecule has 0 aromatic carbocycles. The molecule has 132 valence electrons. The van der Waals surface area contributed by atoms with Crippen LogP contribution in [-0.4, -0.2) is 82.6 Å². The molecule has 2 heterocycles. The number of nitrogens with zero attached hydrogens (tertiary/aromatic N) is 5. The van der Waals surface area contributed by atoms with Crippen LogP contribution in [0.5, 0.6) is 0 Å². The van der Waals surface area contributed by atoms with Crippen LogP contribution in [0, 0.1) is 0 Å². The fraction of sp³-hybridized carbons (Fsp3) is 0.625. The number of aliphatic carboxylic acids is 1. The van der Waals surface area contributed by atoms with Gasteiger partial charge in [-0.25, -0.2) is 9.97 Å². The average molecular weight is 335 g/mol. The Morgan fingerprint density at radius 3 is 2.42 bits per heavy atom. The summed E-state index contributed by atoms with van der Waals surface area (Å²) < 4.78 is 0. The topological polar surface area (TPSA) is 89.9 Å². The molecule has 8 heteroatoms. The second kappa shape index (κ2) is 9.17. The van der Waals surface area contributed by atoms with Gasteiger partial charge in [0.25, 0.3) is 0 Å². The summed E-state index contributed by atoms with van der Waals surface area (Å²) in [6.07, 6.45) is 4.65. The van der Waals surface area contributed by atoms with E-state index in [0.29, 0.717) is 51.6 Å². The lowest BCUT2D eigenvalue weighted by Gasteiger charge is -2.35. The van der Waals surface area contributed by atoms with Crippen LogP contribution < -0.4 is 4.90 Å². The lowest BCUT2D eigenvalue weighted by Crippen LogP contribution is -2.49. The highest BCUT2D eigenvalue weighted by Crippen LogP contribution is 2.10. The number of carboxylic acid groups (broad SMARTS) is 1. The van der Waals surface area contributed by atoms with E-state index >= 15 is 0 Å². The smallest absolute Gasteiger partial charge is 0.317 e. The number of hydrogen-bond acceptors (Lipinski definition) is 6. The van der Waals surface area contributed by atoms with Gasteiger partial charge >= 0.3 is 5.97 Å². The molecule has 1 fully saturated rings. The predicted octanol–water partition coefficient (Wildman–Crippen LogP) is 0.312. The lowest BCUT2D eigenvalue weighted by molar-refractivity contribution is -0.139. The summed E-state index contributed by atoms with van der Waals surface area (Å²) in [7, 11) is 0. The van der Waals surface area contributed by atoms with Gasteiger partial charge in [-0.2, -0.15) is 0 Å². The van der Waals surface area contributed by atoms with Gasteiger partial charge in [-0.05, 0) is 19.0 Å². The van der Waals surface area contributed by atoms with Gasteiger partial charge in [0.15, 0.2) is 0 Å². The summed E-state index contributed by atoms with van der Waals surface area (Å²) in [5.41, 5.74) is 0. The van der Waals surface area contributed by atoms with E-state index in [9.17, 15) is 9.59 Å². The zero-order chi connectivity index (χ0) is 17.4. The number of hydrogen-bond donors (Lipinski definition) is 1. The van der Waals surface area contributed by atoms with Crippen LogP contribution in [0.15, 0.2) is 18.5 Å². The van der Waals surface area contributed by atoms with Crippen LogP contribution >= 0.6 is 0 Å². The molecule has 0 unspecified atom stereocenters. The number of carboxylic acids is 1. The number of aromatic nitrogens is 2. The summed E-state index contributed by atoms with van der Waals surface area (Å²) in [5, 5.41) is 8.91. The van der Waals surface area contributed by atoms with E-state index in [2.05, 4.69) is 14.9 Å². The Kier molecular flexibility index (Phi) is 6.92. The lowest BCUT2D eigenvalue weighted by atomic mass is 10.2. The van der Waals surface area contributed by atoms with Gasteiger partial charge in [-0.15, -0.1) is 0 Å². The molecule has 0 atom stereocenters. The first-order valence-corrected chi connectivity index (χ1v) is 8.34. The van der Waals surface area contributed by atoms with Gasteiger partial charge in [0.2, 0.25) is 11.9 Å². The van der Waals surface area contributed by atoms with E-state index in [4.69, 9.17) is 5.11 Å². The van der Waals surface area contributed by atoms with Crippen molar-refractivity contribution >= 4 is 17.8 Å². The quantitative estimate of drug-likeness (QED) is 0.731. The summed E-state index contributed by atoms with van der Waals surface area (Å²) >= 11 is 0. The summed E-state index contributed by atoms with van der Waals surface area (Å²) in [5.74, 6) is -0.0809. The highest BCUT2D eigenvalue weighted by molar-refractivity contribution is 5.76. The third-order valence-corrected chi connectivity index (χ3v) is 4.01. The van der Waals surface area contributed by atoms with E-state index < -0.39 is 5.97 Å². The van der Waals surface area contributed by atoms with Crippen molar-refractivity contribution in [2.45, 2.75) is 19.8 Å². The Hall–Kier alpha value is -2.22. The Bertz CT molecular complexity index is 532. The SMILES string of the molecule is CCCN(CCC(=O)N1CCN(c2ncccn2)CC1)CC(=O)O. The normalized spacial score (nSPS) is 14.9. The van der Waals surface area contributed by atoms with Crippen LogP contribution in [0.4, 0.5) is 5.95 Å². The van der Waals surface area contributed by atoms with Gasteiger partial charge in [-0.3, -0.25) is 14.5 Å². The largest absolute Gasteiger partial charge is 0.480 e. The Balaban J connectivity index is 1.77. The van der Waals surface area contributed by atoms with E-state index in [1.54, 1.807) is 18.5 Å². The molecule has 0 spiro atoms. The van der Waals surface area contributed by atoms with Crippen LogP contribution in [0.3, 0.4) is 0 Å². The molecule has 1 aliphatic heterocycles. The molecule has 24 heavy (non-hydrogen) atoms. The average Bonchev–Trinajstić information content (AvgIpc) is 2.60. The second-order valence-corrected chi connectivity index (χ2v) is 5.84. The van der Waals surface area contributed by atoms with Gasteiger partial charge < -0.3 is 14.9 Å². The molecule has 0 bridgehead atoms. The molecular formula is C16H25N5O3. The molecule has 0 saturated carbocycles. The maximum absolute atomic E-state index is 12.3. The van der Waals surface area contributed by atoms with Crippen LogP contribution in [0.25, 0.3) is 0 Å². The van der Waals surface area contributed by atoms with Crippen LogP contribution in [-0.2, 0) is 9.59 Å². The maximum atomic E-state index is 12.3. The molecule has 1 aromatic rings. The highest BCUT2D eigenvalue weighted by atomic mass is 16.4. The van der Waals surface area contributed by atoms with Crippen molar-refractivity contribution in [3.63, 3.8) is 0 Å². The standard InChI is InChI=1S/C16H25N5O3/c1-2-7-19(13-15(23)24)8-4-14(22)20-9-11-21(12-10-20)16-17-5-3-6-18-16/h3,5-6H,2,4,7-13H2,1H3,(H,23,24). The molecule has 1 aromatic heterocycles. The van der Waals surface area contributed by atoms with Crippen molar-refractivity contribution in [1.82, 2.24) is 19.8 Å². The first-order valence-electron chi connectivity index (χ1n) is 8.34. The minimum Gasteiger partial charge on any atom is -0.480 e. The van der Waals surface area contributed by atoms with Gasteiger partial charge in [-0.1, -0.05) is 6.92 Å². The molecule has 1 saturated heterocycles. The second-order valence-electron chi connectivity index (χ2n) is 5.84. The molecule has 1 N–H and O–H groups in total. The minimum absolute atomic E-state index is 0.0136. The minimum atomic E-state index is -0.854. The number of piperazine rings is 1. The van der Waals surface area contributed by atoms with Crippen LogP contribution in [0.1, 0.15) is 19.8 Å². The number of carbonyl (C=O) groups is 2. The fourth-order valence-corrected chi connectivity index (χ4v) is 2.80.